The number of nitrogens with one attached hydrogen (secondary N) is 2. The summed E-state index contributed by atoms with van der Waals surface area (Å²) in [6.45, 7) is 6.24. The molecular formula is C15H26N4O. The van der Waals surface area contributed by atoms with Crippen LogP contribution in [0.25, 0.3) is 0 Å². The highest BCUT2D eigenvalue weighted by atomic mass is 16.3. The van der Waals surface area contributed by atoms with E-state index in [1.165, 1.54) is 12.8 Å². The Balaban J connectivity index is 2.03. The number of hydrogen-bond donors (Lipinski definition) is 3. The minimum absolute atomic E-state index is 0.305. The lowest BCUT2D eigenvalue weighted by Crippen LogP contribution is -2.22. The molecule has 0 radical (unpaired) electrons. The molecule has 5 heteroatoms. The molecule has 2 unspecified atom stereocenters. The van der Waals surface area contributed by atoms with Gasteiger partial charge in [0.15, 0.2) is 0 Å². The maximum absolute atomic E-state index is 9.39. The molecule has 20 heavy (non-hydrogen) atoms. The number of rotatable bonds is 7. The largest absolute Gasteiger partial charge is 0.396 e. The third-order valence-electron chi connectivity index (χ3n) is 4.23. The summed E-state index contributed by atoms with van der Waals surface area (Å²) >= 11 is 0. The SMILES string of the molecule is CCNc1ncnc(NCC2CCCC2CO)c1CC. The Morgan fingerprint density at radius 1 is 1.15 bits per heavy atom. The van der Waals surface area contributed by atoms with Crippen LogP contribution in [0.1, 0.15) is 38.7 Å². The molecule has 0 amide bonds. The first kappa shape index (κ1) is 15.0. The third kappa shape index (κ3) is 3.39. The van der Waals surface area contributed by atoms with Crippen molar-refractivity contribution in [1.29, 1.82) is 0 Å². The van der Waals surface area contributed by atoms with Gasteiger partial charge in [0.1, 0.15) is 18.0 Å². The molecule has 1 aliphatic rings. The minimum atomic E-state index is 0.305. The number of aliphatic hydroxyl groups excluding tert-OH is 1. The summed E-state index contributed by atoms with van der Waals surface area (Å²) in [6, 6.07) is 0. The van der Waals surface area contributed by atoms with Gasteiger partial charge < -0.3 is 15.7 Å². The predicted octanol–water partition coefficient (Wildman–Crippen LogP) is 2.29. The van der Waals surface area contributed by atoms with Crippen molar-refractivity contribution in [3.63, 3.8) is 0 Å². The number of hydrogen-bond acceptors (Lipinski definition) is 5. The van der Waals surface area contributed by atoms with Crippen molar-refractivity contribution in [2.24, 2.45) is 11.8 Å². The summed E-state index contributed by atoms with van der Waals surface area (Å²) in [6.07, 6.45) is 6.09. The van der Waals surface area contributed by atoms with E-state index in [1.807, 2.05) is 0 Å². The third-order valence-corrected chi connectivity index (χ3v) is 4.23. The Bertz CT molecular complexity index is 424. The molecule has 0 bridgehead atoms. The Kier molecular flexibility index (Phi) is 5.59. The molecule has 0 aromatic carbocycles. The van der Waals surface area contributed by atoms with Gasteiger partial charge in [0.05, 0.1) is 0 Å². The van der Waals surface area contributed by atoms with Crippen LogP contribution in [0.3, 0.4) is 0 Å². The van der Waals surface area contributed by atoms with Crippen LogP contribution in [0.2, 0.25) is 0 Å². The van der Waals surface area contributed by atoms with Crippen LogP contribution in [0.15, 0.2) is 6.33 Å². The first-order valence-corrected chi connectivity index (χ1v) is 7.72. The fourth-order valence-corrected chi connectivity index (χ4v) is 3.07. The maximum Gasteiger partial charge on any atom is 0.134 e. The number of aromatic nitrogens is 2. The van der Waals surface area contributed by atoms with Gasteiger partial charge in [0.2, 0.25) is 0 Å². The van der Waals surface area contributed by atoms with Crippen LogP contribution in [-0.2, 0) is 6.42 Å². The molecule has 2 atom stereocenters. The number of nitrogens with zero attached hydrogens (tertiary/aromatic N) is 2. The van der Waals surface area contributed by atoms with Gasteiger partial charge in [-0.15, -0.1) is 0 Å². The van der Waals surface area contributed by atoms with Crippen LogP contribution in [-0.4, -0.2) is 34.8 Å². The monoisotopic (exact) mass is 278 g/mol. The van der Waals surface area contributed by atoms with E-state index in [1.54, 1.807) is 6.33 Å². The molecule has 0 spiro atoms. The lowest BCUT2D eigenvalue weighted by molar-refractivity contribution is 0.199. The van der Waals surface area contributed by atoms with E-state index < -0.39 is 0 Å². The fourth-order valence-electron chi connectivity index (χ4n) is 3.07. The standard InChI is InChI=1S/C15H26N4O/c1-3-13-14(16-4-2)18-10-19-15(13)17-8-11-6-5-7-12(11)9-20/h10-12,20H,3-9H2,1-2H3,(H2,16,17,18,19). The first-order valence-electron chi connectivity index (χ1n) is 7.72. The van der Waals surface area contributed by atoms with E-state index in [9.17, 15) is 5.11 Å². The normalized spacial score (nSPS) is 21.9. The molecule has 2 rings (SSSR count). The summed E-state index contributed by atoms with van der Waals surface area (Å²) in [5.74, 6) is 2.87. The van der Waals surface area contributed by atoms with Gasteiger partial charge >= 0.3 is 0 Å². The van der Waals surface area contributed by atoms with Crippen molar-refractivity contribution in [2.45, 2.75) is 39.5 Å². The van der Waals surface area contributed by atoms with Gasteiger partial charge in [-0.2, -0.15) is 0 Å². The van der Waals surface area contributed by atoms with Crippen molar-refractivity contribution >= 4 is 11.6 Å². The Labute approximate surface area is 121 Å². The molecule has 1 heterocycles. The van der Waals surface area contributed by atoms with Crippen LogP contribution in [0.4, 0.5) is 11.6 Å². The highest BCUT2D eigenvalue weighted by Gasteiger charge is 2.26. The molecule has 1 aromatic rings. The van der Waals surface area contributed by atoms with Crippen molar-refractivity contribution < 1.29 is 5.11 Å². The van der Waals surface area contributed by atoms with E-state index in [0.717, 1.165) is 43.1 Å². The molecule has 0 saturated heterocycles. The highest BCUT2D eigenvalue weighted by Crippen LogP contribution is 2.31. The second-order valence-corrected chi connectivity index (χ2v) is 5.45. The van der Waals surface area contributed by atoms with Crippen molar-refractivity contribution in [3.8, 4) is 0 Å². The fraction of sp³-hybridized carbons (Fsp3) is 0.733. The van der Waals surface area contributed by atoms with Gasteiger partial charge in [-0.1, -0.05) is 13.3 Å². The molecule has 1 saturated carbocycles. The summed E-state index contributed by atoms with van der Waals surface area (Å²) in [4.78, 5) is 8.69. The summed E-state index contributed by atoms with van der Waals surface area (Å²) in [5.41, 5.74) is 1.15. The minimum Gasteiger partial charge on any atom is -0.396 e. The van der Waals surface area contributed by atoms with Gasteiger partial charge in [0, 0.05) is 25.3 Å². The van der Waals surface area contributed by atoms with E-state index in [0.29, 0.717) is 18.4 Å². The number of anilines is 2. The van der Waals surface area contributed by atoms with Crippen LogP contribution < -0.4 is 10.6 Å². The molecule has 5 nitrogen and oxygen atoms in total. The Morgan fingerprint density at radius 3 is 2.50 bits per heavy atom. The molecule has 112 valence electrons. The summed E-state index contributed by atoms with van der Waals surface area (Å²) < 4.78 is 0. The predicted molar refractivity (Wildman–Crippen MR) is 82.0 cm³/mol. The van der Waals surface area contributed by atoms with E-state index in [2.05, 4.69) is 34.4 Å². The lowest BCUT2D eigenvalue weighted by atomic mass is 9.97. The van der Waals surface area contributed by atoms with Crippen LogP contribution in [0.5, 0.6) is 0 Å². The summed E-state index contributed by atoms with van der Waals surface area (Å²) in [5, 5.41) is 16.1. The molecule has 1 fully saturated rings. The second kappa shape index (κ2) is 7.43. The second-order valence-electron chi connectivity index (χ2n) is 5.45. The highest BCUT2D eigenvalue weighted by molar-refractivity contribution is 5.57. The topological polar surface area (TPSA) is 70.1 Å². The van der Waals surface area contributed by atoms with Crippen molar-refractivity contribution in [2.75, 3.05) is 30.3 Å². The zero-order valence-electron chi connectivity index (χ0n) is 12.5. The first-order chi connectivity index (χ1) is 9.80. The van der Waals surface area contributed by atoms with E-state index >= 15 is 0 Å². The Morgan fingerprint density at radius 2 is 1.85 bits per heavy atom. The summed E-state index contributed by atoms with van der Waals surface area (Å²) in [7, 11) is 0. The Hall–Kier alpha value is -1.36. The maximum atomic E-state index is 9.39. The molecule has 1 aliphatic carbocycles. The average molecular weight is 278 g/mol. The molecule has 0 aliphatic heterocycles. The lowest BCUT2D eigenvalue weighted by Gasteiger charge is -2.20. The van der Waals surface area contributed by atoms with Gasteiger partial charge in [0.25, 0.3) is 0 Å². The van der Waals surface area contributed by atoms with E-state index in [-0.39, 0.29) is 0 Å². The van der Waals surface area contributed by atoms with Crippen molar-refractivity contribution in [3.05, 3.63) is 11.9 Å². The smallest absolute Gasteiger partial charge is 0.134 e. The zero-order chi connectivity index (χ0) is 14.4. The quantitative estimate of drug-likeness (QED) is 0.714. The number of aliphatic hydroxyl groups is 1. The average Bonchev–Trinajstić information content (AvgIpc) is 2.93. The molecular weight excluding hydrogens is 252 g/mol. The van der Waals surface area contributed by atoms with Gasteiger partial charge in [-0.3, -0.25) is 0 Å². The van der Waals surface area contributed by atoms with E-state index in [4.69, 9.17) is 0 Å². The van der Waals surface area contributed by atoms with Crippen molar-refractivity contribution in [1.82, 2.24) is 9.97 Å². The van der Waals surface area contributed by atoms with Crippen LogP contribution >= 0.6 is 0 Å². The van der Waals surface area contributed by atoms with Crippen LogP contribution in [0, 0.1) is 11.8 Å². The zero-order valence-corrected chi connectivity index (χ0v) is 12.5. The van der Waals surface area contributed by atoms with Gasteiger partial charge in [-0.25, -0.2) is 9.97 Å². The molecule has 3 N–H and O–H groups in total. The molecule has 1 aromatic heterocycles. The van der Waals surface area contributed by atoms with Gasteiger partial charge in [-0.05, 0) is 38.0 Å².